The summed E-state index contributed by atoms with van der Waals surface area (Å²) in [6.45, 7) is 4.06. The Labute approximate surface area is 184 Å². The van der Waals surface area contributed by atoms with Crippen molar-refractivity contribution in [2.24, 2.45) is 5.92 Å². The maximum atomic E-state index is 12.9. The van der Waals surface area contributed by atoms with Gasteiger partial charge in [-0.25, -0.2) is 0 Å². The maximum Gasteiger partial charge on any atom is 0.159 e. The van der Waals surface area contributed by atoms with Crippen LogP contribution in [0.15, 0.2) is 53.6 Å². The zero-order valence-electron chi connectivity index (χ0n) is 19.0. The Hall–Kier alpha value is -3.21. The number of carbonyl (C=O) groups is 1. The van der Waals surface area contributed by atoms with Crippen LogP contribution in [0.5, 0.6) is 23.0 Å². The molecule has 5 heteroatoms. The predicted octanol–water partition coefficient (Wildman–Crippen LogP) is 5.44. The zero-order valence-corrected chi connectivity index (χ0v) is 19.0. The first-order valence-corrected chi connectivity index (χ1v) is 10.3. The van der Waals surface area contributed by atoms with E-state index in [4.69, 9.17) is 18.9 Å². The van der Waals surface area contributed by atoms with Crippen molar-refractivity contribution < 1.29 is 23.7 Å². The SMILES string of the molecule is COc1ccc(OC)c(C=CC2=C(C)C(=O)CC(c3cc(OC)ccc3OC)C2C)c1. The van der Waals surface area contributed by atoms with Gasteiger partial charge in [-0.3, -0.25) is 4.79 Å². The monoisotopic (exact) mass is 422 g/mol. The van der Waals surface area contributed by atoms with Crippen LogP contribution in [-0.4, -0.2) is 34.2 Å². The van der Waals surface area contributed by atoms with Crippen molar-refractivity contribution in [1.29, 1.82) is 0 Å². The summed E-state index contributed by atoms with van der Waals surface area (Å²) in [4.78, 5) is 12.9. The Balaban J connectivity index is 2.01. The van der Waals surface area contributed by atoms with E-state index in [0.717, 1.165) is 45.3 Å². The fourth-order valence-electron chi connectivity index (χ4n) is 4.18. The highest BCUT2D eigenvalue weighted by molar-refractivity contribution is 5.98. The number of ketones is 1. The van der Waals surface area contributed by atoms with Crippen molar-refractivity contribution in [3.8, 4) is 23.0 Å². The molecule has 0 radical (unpaired) electrons. The van der Waals surface area contributed by atoms with Gasteiger partial charge in [0.2, 0.25) is 0 Å². The third-order valence-electron chi connectivity index (χ3n) is 6.07. The second-order valence-electron chi connectivity index (χ2n) is 7.65. The Bertz CT molecular complexity index is 1020. The van der Waals surface area contributed by atoms with Crippen molar-refractivity contribution in [3.05, 3.63) is 64.7 Å². The molecule has 0 N–H and O–H groups in total. The molecule has 5 nitrogen and oxygen atoms in total. The number of rotatable bonds is 7. The molecule has 0 fully saturated rings. The summed E-state index contributed by atoms with van der Waals surface area (Å²) in [5.74, 6) is 3.27. The summed E-state index contributed by atoms with van der Waals surface area (Å²) in [5, 5.41) is 0. The second-order valence-corrected chi connectivity index (χ2v) is 7.65. The zero-order chi connectivity index (χ0) is 22.5. The van der Waals surface area contributed by atoms with Crippen LogP contribution in [0.1, 0.15) is 37.3 Å². The van der Waals surface area contributed by atoms with Gasteiger partial charge in [-0.05, 0) is 60.4 Å². The first kappa shape index (κ1) is 22.5. The molecule has 2 unspecified atom stereocenters. The molecule has 1 aliphatic rings. The number of Topliss-reactive ketones (excluding diaryl/α,β-unsaturated/α-hetero) is 1. The van der Waals surface area contributed by atoms with E-state index in [-0.39, 0.29) is 17.6 Å². The Kier molecular flexibility index (Phi) is 7.06. The van der Waals surface area contributed by atoms with E-state index in [1.807, 2.05) is 55.5 Å². The summed E-state index contributed by atoms with van der Waals surface area (Å²) in [6, 6.07) is 11.4. The van der Waals surface area contributed by atoms with Gasteiger partial charge in [-0.15, -0.1) is 0 Å². The summed E-state index contributed by atoms with van der Waals surface area (Å²) in [6.07, 6.45) is 4.44. The lowest BCUT2D eigenvalue weighted by atomic mass is 9.72. The average Bonchev–Trinajstić information content (AvgIpc) is 2.80. The molecule has 2 aromatic carbocycles. The molecule has 164 valence electrons. The molecule has 0 heterocycles. The summed E-state index contributed by atoms with van der Waals surface area (Å²) < 4.78 is 21.8. The standard InChI is InChI=1S/C26H30O5/c1-16-21(10-7-18-13-19(28-3)8-11-25(18)30-5)17(2)24(27)15-22(16)23-14-20(29-4)9-12-26(23)31-6/h7-14,16,22H,15H2,1-6H3. The van der Waals surface area contributed by atoms with E-state index in [0.29, 0.717) is 6.42 Å². The number of ether oxygens (including phenoxy) is 4. The molecule has 0 saturated heterocycles. The Morgan fingerprint density at radius 1 is 0.839 bits per heavy atom. The Morgan fingerprint density at radius 2 is 1.45 bits per heavy atom. The minimum atomic E-state index is -0.00638. The van der Waals surface area contributed by atoms with Crippen LogP contribution in [0.25, 0.3) is 6.08 Å². The molecular formula is C26H30O5. The molecule has 0 bridgehead atoms. The highest BCUT2D eigenvalue weighted by Gasteiger charge is 2.33. The number of hydrogen-bond acceptors (Lipinski definition) is 5. The number of methoxy groups -OCH3 is 4. The lowest BCUT2D eigenvalue weighted by Gasteiger charge is -2.32. The summed E-state index contributed by atoms with van der Waals surface area (Å²) in [5.41, 5.74) is 3.68. The summed E-state index contributed by atoms with van der Waals surface area (Å²) >= 11 is 0. The Morgan fingerprint density at radius 3 is 2.06 bits per heavy atom. The van der Waals surface area contributed by atoms with E-state index >= 15 is 0 Å². The van der Waals surface area contributed by atoms with Gasteiger partial charge >= 0.3 is 0 Å². The maximum absolute atomic E-state index is 12.9. The van der Waals surface area contributed by atoms with Gasteiger partial charge in [0.1, 0.15) is 23.0 Å². The second kappa shape index (κ2) is 9.73. The van der Waals surface area contributed by atoms with E-state index < -0.39 is 0 Å². The first-order chi connectivity index (χ1) is 14.9. The fourth-order valence-corrected chi connectivity index (χ4v) is 4.18. The molecule has 0 aliphatic heterocycles. The molecule has 0 spiro atoms. The third-order valence-corrected chi connectivity index (χ3v) is 6.07. The quantitative estimate of drug-likeness (QED) is 0.594. The van der Waals surface area contributed by atoms with Crippen molar-refractivity contribution in [2.75, 3.05) is 28.4 Å². The van der Waals surface area contributed by atoms with E-state index in [9.17, 15) is 4.79 Å². The topological polar surface area (TPSA) is 54.0 Å². The van der Waals surface area contributed by atoms with Crippen LogP contribution >= 0.6 is 0 Å². The van der Waals surface area contributed by atoms with Crippen molar-refractivity contribution in [3.63, 3.8) is 0 Å². The van der Waals surface area contributed by atoms with Gasteiger partial charge in [0, 0.05) is 23.5 Å². The first-order valence-electron chi connectivity index (χ1n) is 10.3. The molecule has 0 aromatic heterocycles. The van der Waals surface area contributed by atoms with E-state index in [1.54, 1.807) is 28.4 Å². The highest BCUT2D eigenvalue weighted by atomic mass is 16.5. The van der Waals surface area contributed by atoms with Crippen LogP contribution in [0.3, 0.4) is 0 Å². The van der Waals surface area contributed by atoms with Crippen molar-refractivity contribution in [1.82, 2.24) is 0 Å². The molecule has 31 heavy (non-hydrogen) atoms. The molecule has 0 amide bonds. The lowest BCUT2D eigenvalue weighted by Crippen LogP contribution is -2.24. The van der Waals surface area contributed by atoms with Crippen LogP contribution in [-0.2, 0) is 4.79 Å². The predicted molar refractivity (Wildman–Crippen MR) is 122 cm³/mol. The van der Waals surface area contributed by atoms with Crippen molar-refractivity contribution in [2.45, 2.75) is 26.2 Å². The molecule has 2 aromatic rings. The minimum Gasteiger partial charge on any atom is -0.497 e. The molecule has 2 atom stereocenters. The number of carbonyl (C=O) groups excluding carboxylic acids is 1. The number of benzene rings is 2. The van der Waals surface area contributed by atoms with Gasteiger partial charge in [0.25, 0.3) is 0 Å². The third kappa shape index (κ3) is 4.61. The largest absolute Gasteiger partial charge is 0.497 e. The van der Waals surface area contributed by atoms with Crippen LogP contribution < -0.4 is 18.9 Å². The minimum absolute atomic E-state index is 0.00638. The lowest BCUT2D eigenvalue weighted by molar-refractivity contribution is -0.116. The summed E-state index contributed by atoms with van der Waals surface area (Å²) in [7, 11) is 6.57. The fraction of sp³-hybridized carbons (Fsp3) is 0.346. The van der Waals surface area contributed by atoms with E-state index in [1.165, 1.54) is 0 Å². The van der Waals surface area contributed by atoms with Crippen LogP contribution in [0, 0.1) is 5.92 Å². The van der Waals surface area contributed by atoms with Gasteiger partial charge in [0.05, 0.1) is 28.4 Å². The normalized spacial score (nSPS) is 19.0. The van der Waals surface area contributed by atoms with Gasteiger partial charge in [-0.2, -0.15) is 0 Å². The molecule has 3 rings (SSSR count). The molecule has 1 aliphatic carbocycles. The van der Waals surface area contributed by atoms with Gasteiger partial charge < -0.3 is 18.9 Å². The van der Waals surface area contributed by atoms with E-state index in [2.05, 4.69) is 6.92 Å². The molecular weight excluding hydrogens is 392 g/mol. The smallest absolute Gasteiger partial charge is 0.159 e. The van der Waals surface area contributed by atoms with Crippen LogP contribution in [0.4, 0.5) is 0 Å². The van der Waals surface area contributed by atoms with Crippen molar-refractivity contribution >= 4 is 11.9 Å². The number of hydrogen-bond donors (Lipinski definition) is 0. The van der Waals surface area contributed by atoms with Crippen LogP contribution in [0.2, 0.25) is 0 Å². The van der Waals surface area contributed by atoms with Gasteiger partial charge in [-0.1, -0.05) is 19.1 Å². The van der Waals surface area contributed by atoms with Gasteiger partial charge in [0.15, 0.2) is 5.78 Å². The highest BCUT2D eigenvalue weighted by Crippen LogP contribution is 2.44. The average molecular weight is 423 g/mol. The molecule has 0 saturated carbocycles. The number of allylic oxidation sites excluding steroid dienone is 3.